The molecule has 0 amide bonds. The Labute approximate surface area is 130 Å². The van der Waals surface area contributed by atoms with E-state index in [0.29, 0.717) is 5.02 Å². The van der Waals surface area contributed by atoms with Gasteiger partial charge in [-0.25, -0.2) is 0 Å². The molecular weight excluding hydrogens is 288 g/mol. The number of ether oxygens (including phenoxy) is 2. The number of aromatic nitrogens is 1. The standard InChI is InChI=1S/C16H19ClN2O2/c1-4-18-16(14-7-5-11(17)10-19-14)13-9-12(20-2)6-8-15(13)21-3/h5-10,16,18H,4H2,1-3H3. The topological polar surface area (TPSA) is 43.4 Å². The molecule has 4 nitrogen and oxygen atoms in total. The largest absolute Gasteiger partial charge is 0.497 e. The number of nitrogens with one attached hydrogen (secondary N) is 1. The molecule has 0 spiro atoms. The zero-order valence-corrected chi connectivity index (χ0v) is 13.1. The van der Waals surface area contributed by atoms with Crippen LogP contribution in [0.5, 0.6) is 11.5 Å². The van der Waals surface area contributed by atoms with Crippen molar-refractivity contribution < 1.29 is 9.47 Å². The number of methoxy groups -OCH3 is 2. The minimum Gasteiger partial charge on any atom is -0.497 e. The first-order chi connectivity index (χ1) is 10.2. The van der Waals surface area contributed by atoms with Gasteiger partial charge in [-0.2, -0.15) is 0 Å². The number of hydrogen-bond donors (Lipinski definition) is 1. The van der Waals surface area contributed by atoms with Crippen molar-refractivity contribution in [1.29, 1.82) is 0 Å². The average molecular weight is 307 g/mol. The molecule has 0 bridgehead atoms. The van der Waals surface area contributed by atoms with Crippen LogP contribution >= 0.6 is 11.6 Å². The molecule has 0 saturated heterocycles. The Morgan fingerprint density at radius 1 is 1.19 bits per heavy atom. The molecule has 1 aromatic carbocycles. The van der Waals surface area contributed by atoms with Crippen molar-refractivity contribution in [3.05, 3.63) is 52.8 Å². The van der Waals surface area contributed by atoms with Crippen molar-refractivity contribution >= 4 is 11.6 Å². The summed E-state index contributed by atoms with van der Waals surface area (Å²) in [6.45, 7) is 2.85. The summed E-state index contributed by atoms with van der Waals surface area (Å²) in [5.74, 6) is 1.57. The summed E-state index contributed by atoms with van der Waals surface area (Å²) < 4.78 is 10.8. The van der Waals surface area contributed by atoms with E-state index >= 15 is 0 Å². The monoisotopic (exact) mass is 306 g/mol. The van der Waals surface area contributed by atoms with Crippen LogP contribution in [0.3, 0.4) is 0 Å². The van der Waals surface area contributed by atoms with Crippen LogP contribution in [0.15, 0.2) is 36.5 Å². The van der Waals surface area contributed by atoms with Crippen LogP contribution in [0, 0.1) is 0 Å². The van der Waals surface area contributed by atoms with E-state index < -0.39 is 0 Å². The molecule has 112 valence electrons. The number of pyridine rings is 1. The summed E-state index contributed by atoms with van der Waals surface area (Å²) in [4.78, 5) is 4.41. The number of hydrogen-bond acceptors (Lipinski definition) is 4. The average Bonchev–Trinajstić information content (AvgIpc) is 2.53. The normalized spacial score (nSPS) is 12.0. The third kappa shape index (κ3) is 3.65. The fraction of sp³-hybridized carbons (Fsp3) is 0.312. The highest BCUT2D eigenvalue weighted by Crippen LogP contribution is 2.32. The zero-order valence-electron chi connectivity index (χ0n) is 12.4. The van der Waals surface area contributed by atoms with E-state index in [1.165, 1.54) is 0 Å². The minimum absolute atomic E-state index is 0.0858. The van der Waals surface area contributed by atoms with Gasteiger partial charge in [0.15, 0.2) is 0 Å². The lowest BCUT2D eigenvalue weighted by atomic mass is 10.0. The molecule has 5 heteroatoms. The Bertz CT molecular complexity index is 587. The van der Waals surface area contributed by atoms with Gasteiger partial charge in [-0.15, -0.1) is 0 Å². The van der Waals surface area contributed by atoms with Gasteiger partial charge in [0.05, 0.1) is 31.0 Å². The van der Waals surface area contributed by atoms with E-state index in [-0.39, 0.29) is 6.04 Å². The lowest BCUT2D eigenvalue weighted by Gasteiger charge is -2.21. The van der Waals surface area contributed by atoms with Crippen LogP contribution < -0.4 is 14.8 Å². The molecule has 0 fully saturated rings. The molecule has 1 aromatic heterocycles. The molecule has 2 aromatic rings. The van der Waals surface area contributed by atoms with Crippen LogP contribution in [0.2, 0.25) is 5.02 Å². The first kappa shape index (κ1) is 15.6. The molecule has 0 aliphatic rings. The lowest BCUT2D eigenvalue weighted by molar-refractivity contribution is 0.393. The van der Waals surface area contributed by atoms with Gasteiger partial charge in [0, 0.05) is 11.8 Å². The van der Waals surface area contributed by atoms with E-state index in [9.17, 15) is 0 Å². The predicted octanol–water partition coefficient (Wildman–Crippen LogP) is 3.45. The highest BCUT2D eigenvalue weighted by molar-refractivity contribution is 6.30. The van der Waals surface area contributed by atoms with Crippen molar-refractivity contribution in [3.63, 3.8) is 0 Å². The highest BCUT2D eigenvalue weighted by Gasteiger charge is 2.19. The number of nitrogens with zero attached hydrogens (tertiary/aromatic N) is 1. The van der Waals surface area contributed by atoms with Crippen molar-refractivity contribution in [2.45, 2.75) is 13.0 Å². The second-order valence-electron chi connectivity index (χ2n) is 4.50. The first-order valence-corrected chi connectivity index (χ1v) is 7.14. The third-order valence-electron chi connectivity index (χ3n) is 3.20. The van der Waals surface area contributed by atoms with Crippen LogP contribution in [-0.2, 0) is 0 Å². The van der Waals surface area contributed by atoms with Gasteiger partial charge in [-0.05, 0) is 36.9 Å². The fourth-order valence-electron chi connectivity index (χ4n) is 2.20. The molecule has 1 heterocycles. The first-order valence-electron chi connectivity index (χ1n) is 6.76. The summed E-state index contributed by atoms with van der Waals surface area (Å²) in [7, 11) is 3.30. The second-order valence-corrected chi connectivity index (χ2v) is 4.94. The van der Waals surface area contributed by atoms with Crippen molar-refractivity contribution in [2.75, 3.05) is 20.8 Å². The van der Waals surface area contributed by atoms with Crippen molar-refractivity contribution in [2.24, 2.45) is 0 Å². The molecule has 0 aliphatic carbocycles. The van der Waals surface area contributed by atoms with Gasteiger partial charge in [0.2, 0.25) is 0 Å². The Kier molecular flexibility index (Phi) is 5.42. The summed E-state index contributed by atoms with van der Waals surface area (Å²) in [5, 5.41) is 4.04. The zero-order chi connectivity index (χ0) is 15.2. The van der Waals surface area contributed by atoms with Gasteiger partial charge in [0.1, 0.15) is 11.5 Å². The second kappa shape index (κ2) is 7.29. The van der Waals surface area contributed by atoms with E-state index in [0.717, 1.165) is 29.3 Å². The molecule has 1 atom stereocenters. The van der Waals surface area contributed by atoms with Gasteiger partial charge in [-0.1, -0.05) is 18.5 Å². The Morgan fingerprint density at radius 2 is 2.00 bits per heavy atom. The van der Waals surface area contributed by atoms with Gasteiger partial charge in [-0.3, -0.25) is 4.98 Å². The number of rotatable bonds is 6. The van der Waals surface area contributed by atoms with Crippen LogP contribution in [0.25, 0.3) is 0 Å². The molecule has 1 N–H and O–H groups in total. The van der Waals surface area contributed by atoms with Gasteiger partial charge >= 0.3 is 0 Å². The van der Waals surface area contributed by atoms with E-state index in [2.05, 4.69) is 17.2 Å². The van der Waals surface area contributed by atoms with Crippen LogP contribution in [0.1, 0.15) is 24.2 Å². The third-order valence-corrected chi connectivity index (χ3v) is 3.43. The molecule has 21 heavy (non-hydrogen) atoms. The Balaban J connectivity index is 2.48. The molecule has 0 radical (unpaired) electrons. The molecule has 0 aliphatic heterocycles. The highest BCUT2D eigenvalue weighted by atomic mass is 35.5. The molecule has 2 rings (SSSR count). The summed E-state index contributed by atoms with van der Waals surface area (Å²) >= 11 is 5.92. The van der Waals surface area contributed by atoms with Crippen LogP contribution in [-0.4, -0.2) is 25.7 Å². The van der Waals surface area contributed by atoms with Gasteiger partial charge in [0.25, 0.3) is 0 Å². The molecular formula is C16H19ClN2O2. The van der Waals surface area contributed by atoms with E-state index in [4.69, 9.17) is 21.1 Å². The van der Waals surface area contributed by atoms with Crippen molar-refractivity contribution in [3.8, 4) is 11.5 Å². The van der Waals surface area contributed by atoms with Crippen LogP contribution in [0.4, 0.5) is 0 Å². The maximum absolute atomic E-state index is 5.92. The lowest BCUT2D eigenvalue weighted by Crippen LogP contribution is -2.23. The maximum atomic E-state index is 5.92. The minimum atomic E-state index is -0.0858. The quantitative estimate of drug-likeness (QED) is 0.887. The van der Waals surface area contributed by atoms with E-state index in [1.54, 1.807) is 20.4 Å². The fourth-order valence-corrected chi connectivity index (χ4v) is 2.31. The Hall–Kier alpha value is -1.78. The predicted molar refractivity (Wildman–Crippen MR) is 84.3 cm³/mol. The van der Waals surface area contributed by atoms with Crippen molar-refractivity contribution in [1.82, 2.24) is 10.3 Å². The number of halogens is 1. The molecule has 1 unspecified atom stereocenters. The number of benzene rings is 1. The Morgan fingerprint density at radius 3 is 2.57 bits per heavy atom. The summed E-state index contributed by atoms with van der Waals surface area (Å²) in [6.07, 6.45) is 1.65. The SMILES string of the molecule is CCNC(c1ccc(Cl)cn1)c1cc(OC)ccc1OC. The van der Waals surface area contributed by atoms with E-state index in [1.807, 2.05) is 30.3 Å². The smallest absolute Gasteiger partial charge is 0.124 e. The maximum Gasteiger partial charge on any atom is 0.124 e. The summed E-state index contributed by atoms with van der Waals surface area (Å²) in [5.41, 5.74) is 1.86. The summed E-state index contributed by atoms with van der Waals surface area (Å²) in [6, 6.07) is 9.39. The van der Waals surface area contributed by atoms with Gasteiger partial charge < -0.3 is 14.8 Å². The molecule has 0 saturated carbocycles.